The Kier molecular flexibility index (Phi) is 5.76. The van der Waals surface area contributed by atoms with Crippen molar-refractivity contribution in [1.29, 1.82) is 0 Å². The Morgan fingerprint density at radius 3 is 2.44 bits per heavy atom. The van der Waals surface area contributed by atoms with Crippen molar-refractivity contribution in [2.75, 3.05) is 20.8 Å². The first-order chi connectivity index (χ1) is 13.2. The summed E-state index contributed by atoms with van der Waals surface area (Å²) in [5.74, 6) is 1.67. The number of nitrogens with zero attached hydrogens (tertiary/aromatic N) is 2. The molecule has 1 amide bonds. The highest BCUT2D eigenvalue weighted by atomic mass is 16.5. The fourth-order valence-corrected chi connectivity index (χ4v) is 2.80. The van der Waals surface area contributed by atoms with Crippen molar-refractivity contribution in [2.45, 2.75) is 13.5 Å². The molecule has 0 atom stereocenters. The van der Waals surface area contributed by atoms with E-state index in [1.165, 1.54) is 0 Å². The quantitative estimate of drug-likeness (QED) is 0.632. The highest BCUT2D eigenvalue weighted by Crippen LogP contribution is 2.28. The number of carbonyl (C=O) groups excluding carboxylic acids is 1. The van der Waals surface area contributed by atoms with Gasteiger partial charge < -0.3 is 18.9 Å². The van der Waals surface area contributed by atoms with Gasteiger partial charge in [-0.1, -0.05) is 41.6 Å². The summed E-state index contributed by atoms with van der Waals surface area (Å²) in [7, 11) is 3.18. The summed E-state index contributed by atoms with van der Waals surface area (Å²) in [5, 5.41) is 3.95. The van der Waals surface area contributed by atoms with E-state index in [4.69, 9.17) is 14.0 Å². The Hall–Kier alpha value is -3.28. The van der Waals surface area contributed by atoms with Crippen LogP contribution in [-0.4, -0.2) is 36.7 Å². The maximum atomic E-state index is 12.8. The van der Waals surface area contributed by atoms with Crippen LogP contribution in [0.15, 0.2) is 59.1 Å². The molecule has 6 heteroatoms. The van der Waals surface area contributed by atoms with Crippen LogP contribution in [-0.2, 0) is 6.54 Å². The molecule has 0 spiro atoms. The van der Waals surface area contributed by atoms with Gasteiger partial charge in [-0.05, 0) is 24.6 Å². The molecule has 3 aromatic rings. The van der Waals surface area contributed by atoms with Gasteiger partial charge in [0.2, 0.25) is 0 Å². The molecule has 0 bridgehead atoms. The van der Waals surface area contributed by atoms with Gasteiger partial charge in [0.25, 0.3) is 5.91 Å². The number of hydrogen-bond acceptors (Lipinski definition) is 5. The van der Waals surface area contributed by atoms with Gasteiger partial charge in [-0.2, -0.15) is 0 Å². The lowest BCUT2D eigenvalue weighted by molar-refractivity contribution is 0.0742. The fourth-order valence-electron chi connectivity index (χ4n) is 2.80. The second-order valence-corrected chi connectivity index (χ2v) is 5.95. The zero-order valence-corrected chi connectivity index (χ0v) is 15.6. The molecule has 2 aromatic carbocycles. The first kappa shape index (κ1) is 18.5. The third-order valence-corrected chi connectivity index (χ3v) is 4.28. The molecule has 0 N–H and O–H groups in total. The Morgan fingerprint density at radius 2 is 1.78 bits per heavy atom. The van der Waals surface area contributed by atoms with E-state index >= 15 is 0 Å². The summed E-state index contributed by atoms with van der Waals surface area (Å²) >= 11 is 0. The minimum atomic E-state index is -0.182. The third kappa shape index (κ3) is 4.11. The van der Waals surface area contributed by atoms with E-state index in [-0.39, 0.29) is 11.6 Å². The number of aromatic nitrogens is 1. The molecule has 3 rings (SSSR count). The first-order valence-electron chi connectivity index (χ1n) is 8.68. The molecule has 0 saturated heterocycles. The third-order valence-electron chi connectivity index (χ3n) is 4.28. The maximum absolute atomic E-state index is 12.8. The summed E-state index contributed by atoms with van der Waals surface area (Å²) in [4.78, 5) is 14.6. The van der Waals surface area contributed by atoms with Gasteiger partial charge in [-0.25, -0.2) is 0 Å². The molecule has 1 aromatic heterocycles. The Balaban J connectivity index is 1.78. The Labute approximate surface area is 158 Å². The Morgan fingerprint density at radius 1 is 1.04 bits per heavy atom. The molecule has 0 aliphatic rings. The lowest BCUT2D eigenvalue weighted by Crippen LogP contribution is -2.30. The predicted molar refractivity (Wildman–Crippen MR) is 102 cm³/mol. The smallest absolute Gasteiger partial charge is 0.276 e. The molecule has 27 heavy (non-hydrogen) atoms. The lowest BCUT2D eigenvalue weighted by Gasteiger charge is -2.20. The van der Waals surface area contributed by atoms with E-state index in [0.717, 1.165) is 11.1 Å². The van der Waals surface area contributed by atoms with Crippen LogP contribution in [0.2, 0.25) is 0 Å². The molecular weight excluding hydrogens is 344 g/mol. The van der Waals surface area contributed by atoms with Gasteiger partial charge >= 0.3 is 0 Å². The topological polar surface area (TPSA) is 64.8 Å². The first-order valence-corrected chi connectivity index (χ1v) is 8.68. The molecule has 0 radical (unpaired) electrons. The van der Waals surface area contributed by atoms with E-state index in [0.29, 0.717) is 30.3 Å². The standard InChI is InChI=1S/C21H22N2O4/c1-4-23(14-15-10-11-18(25-2)20(12-15)26-3)21(24)17-13-19(27-22-17)16-8-6-5-7-9-16/h5-13H,4,14H2,1-3H3. The number of hydrogen-bond donors (Lipinski definition) is 0. The van der Waals surface area contributed by atoms with Crippen molar-refractivity contribution in [1.82, 2.24) is 10.1 Å². The summed E-state index contributed by atoms with van der Waals surface area (Å²) in [6.07, 6.45) is 0. The number of ether oxygens (including phenoxy) is 2. The van der Waals surface area contributed by atoms with E-state index in [2.05, 4.69) is 5.16 Å². The summed E-state index contributed by atoms with van der Waals surface area (Å²) in [6, 6.07) is 16.9. The maximum Gasteiger partial charge on any atom is 0.276 e. The molecule has 0 saturated carbocycles. The van der Waals surface area contributed by atoms with E-state index in [1.807, 2.05) is 55.5 Å². The average Bonchev–Trinajstić information content (AvgIpc) is 3.22. The van der Waals surface area contributed by atoms with Gasteiger partial charge in [0.1, 0.15) is 0 Å². The van der Waals surface area contributed by atoms with Gasteiger partial charge in [0.05, 0.1) is 14.2 Å². The molecule has 1 heterocycles. The van der Waals surface area contributed by atoms with Crippen LogP contribution < -0.4 is 9.47 Å². The van der Waals surface area contributed by atoms with E-state index < -0.39 is 0 Å². The number of carbonyl (C=O) groups is 1. The van der Waals surface area contributed by atoms with Crippen LogP contribution in [0, 0.1) is 0 Å². The predicted octanol–water partition coefficient (Wildman–Crippen LogP) is 4.02. The van der Waals surface area contributed by atoms with Gasteiger partial charge in [0.15, 0.2) is 23.0 Å². The molecule has 6 nitrogen and oxygen atoms in total. The number of benzene rings is 2. The van der Waals surface area contributed by atoms with E-state index in [9.17, 15) is 4.79 Å². The van der Waals surface area contributed by atoms with Crippen molar-refractivity contribution >= 4 is 5.91 Å². The van der Waals surface area contributed by atoms with Crippen LogP contribution in [0.25, 0.3) is 11.3 Å². The van der Waals surface area contributed by atoms with E-state index in [1.54, 1.807) is 25.2 Å². The molecule has 140 valence electrons. The van der Waals surface area contributed by atoms with Crippen molar-refractivity contribution in [3.63, 3.8) is 0 Å². The number of rotatable bonds is 7. The largest absolute Gasteiger partial charge is 0.493 e. The molecule has 0 unspecified atom stereocenters. The minimum absolute atomic E-state index is 0.182. The zero-order valence-electron chi connectivity index (χ0n) is 15.6. The van der Waals surface area contributed by atoms with Crippen molar-refractivity contribution in [3.05, 3.63) is 65.9 Å². The summed E-state index contributed by atoms with van der Waals surface area (Å²) < 4.78 is 15.9. The van der Waals surface area contributed by atoms with Gasteiger partial charge in [0, 0.05) is 24.7 Å². The second-order valence-electron chi connectivity index (χ2n) is 5.95. The SMILES string of the molecule is CCN(Cc1ccc(OC)c(OC)c1)C(=O)c1cc(-c2ccccc2)on1. The normalized spacial score (nSPS) is 10.5. The molecule has 0 aliphatic heterocycles. The minimum Gasteiger partial charge on any atom is -0.493 e. The summed E-state index contributed by atoms with van der Waals surface area (Å²) in [5.41, 5.74) is 2.11. The zero-order chi connectivity index (χ0) is 19.2. The van der Waals surface area contributed by atoms with Crippen LogP contribution in [0.5, 0.6) is 11.5 Å². The molecule has 0 aliphatic carbocycles. The average molecular weight is 366 g/mol. The van der Waals surface area contributed by atoms with Crippen molar-refractivity contribution in [2.24, 2.45) is 0 Å². The highest BCUT2D eigenvalue weighted by molar-refractivity contribution is 5.93. The van der Waals surface area contributed by atoms with Gasteiger partial charge in [-0.15, -0.1) is 0 Å². The van der Waals surface area contributed by atoms with Crippen LogP contribution in [0.3, 0.4) is 0 Å². The van der Waals surface area contributed by atoms with Crippen LogP contribution >= 0.6 is 0 Å². The summed E-state index contributed by atoms with van der Waals surface area (Å²) in [6.45, 7) is 2.90. The Bertz CT molecular complexity index is 906. The lowest BCUT2D eigenvalue weighted by atomic mass is 10.1. The molecular formula is C21H22N2O4. The van der Waals surface area contributed by atoms with Crippen molar-refractivity contribution in [3.8, 4) is 22.8 Å². The van der Waals surface area contributed by atoms with Crippen LogP contribution in [0.4, 0.5) is 0 Å². The monoisotopic (exact) mass is 366 g/mol. The second kappa shape index (κ2) is 8.40. The van der Waals surface area contributed by atoms with Crippen LogP contribution in [0.1, 0.15) is 23.0 Å². The van der Waals surface area contributed by atoms with Gasteiger partial charge in [-0.3, -0.25) is 4.79 Å². The highest BCUT2D eigenvalue weighted by Gasteiger charge is 2.20. The van der Waals surface area contributed by atoms with Crippen molar-refractivity contribution < 1.29 is 18.8 Å². The number of amides is 1. The fraction of sp³-hybridized carbons (Fsp3) is 0.238. The molecule has 0 fully saturated rings. The number of methoxy groups -OCH3 is 2.